The van der Waals surface area contributed by atoms with Gasteiger partial charge in [-0.05, 0) is 57.8 Å². The molecule has 5 rings (SSSR count). The van der Waals surface area contributed by atoms with Gasteiger partial charge in [-0.15, -0.1) is 5.10 Å². The minimum Gasteiger partial charge on any atom is -0.321 e. The van der Waals surface area contributed by atoms with Crippen molar-refractivity contribution >= 4 is 60.2 Å². The molecule has 2 heterocycles. The molecule has 1 amide bonds. The molecule has 140 valence electrons. The second-order valence-electron chi connectivity index (χ2n) is 6.43. The van der Waals surface area contributed by atoms with Gasteiger partial charge in [0, 0.05) is 15.4 Å². The van der Waals surface area contributed by atoms with Gasteiger partial charge in [-0.1, -0.05) is 47.0 Å². The van der Waals surface area contributed by atoms with Crippen molar-refractivity contribution in [2.75, 3.05) is 5.32 Å². The first-order chi connectivity index (χ1) is 14.2. The van der Waals surface area contributed by atoms with Gasteiger partial charge in [-0.2, -0.15) is 0 Å². The van der Waals surface area contributed by atoms with Crippen LogP contribution in [0.25, 0.3) is 32.4 Å². The van der Waals surface area contributed by atoms with E-state index >= 15 is 0 Å². The van der Waals surface area contributed by atoms with Crippen LogP contribution in [0, 0.1) is 0 Å². The van der Waals surface area contributed by atoms with Crippen molar-refractivity contribution < 1.29 is 4.79 Å². The number of rotatable bonds is 3. The van der Waals surface area contributed by atoms with Gasteiger partial charge in [0.25, 0.3) is 5.91 Å². The van der Waals surface area contributed by atoms with Crippen LogP contribution in [0.15, 0.2) is 77.3 Å². The lowest BCUT2D eigenvalue weighted by Gasteiger charge is -2.12. The zero-order valence-electron chi connectivity index (χ0n) is 15.0. The predicted molar refractivity (Wildman–Crippen MR) is 120 cm³/mol. The second kappa shape index (κ2) is 7.35. The van der Waals surface area contributed by atoms with Crippen molar-refractivity contribution in [3.63, 3.8) is 0 Å². The third kappa shape index (κ3) is 3.28. The first-order valence-corrected chi connectivity index (χ1v) is 10.4. The first-order valence-electron chi connectivity index (χ1n) is 8.88. The third-order valence-electron chi connectivity index (χ3n) is 4.63. The van der Waals surface area contributed by atoms with Crippen LogP contribution in [0.5, 0.6) is 0 Å². The summed E-state index contributed by atoms with van der Waals surface area (Å²) in [6.45, 7) is 0. The Bertz CT molecular complexity index is 1380. The number of nitrogens with one attached hydrogen (secondary N) is 1. The summed E-state index contributed by atoms with van der Waals surface area (Å²) < 4.78 is 5.83. The molecule has 0 aliphatic rings. The van der Waals surface area contributed by atoms with E-state index in [0.717, 1.165) is 36.8 Å². The molecule has 1 N–H and O–H groups in total. The Kier molecular flexibility index (Phi) is 4.54. The summed E-state index contributed by atoms with van der Waals surface area (Å²) in [5.74, 6) is -0.189. The second-order valence-corrected chi connectivity index (χ2v) is 8.04. The molecule has 0 fully saturated rings. The van der Waals surface area contributed by atoms with Gasteiger partial charge in [-0.25, -0.2) is 4.98 Å². The average molecular weight is 461 g/mol. The molecule has 0 unspecified atom stereocenters. The lowest BCUT2D eigenvalue weighted by atomic mass is 10.0. The van der Waals surface area contributed by atoms with Crippen molar-refractivity contribution in [3.05, 3.63) is 82.8 Å². The highest BCUT2D eigenvalue weighted by Gasteiger charge is 2.17. The van der Waals surface area contributed by atoms with Crippen molar-refractivity contribution in [2.24, 2.45) is 0 Å². The normalized spacial score (nSPS) is 11.1. The molecule has 0 saturated carbocycles. The monoisotopic (exact) mass is 460 g/mol. The average Bonchev–Trinajstić information content (AvgIpc) is 3.23. The van der Waals surface area contributed by atoms with E-state index in [-0.39, 0.29) is 5.91 Å². The van der Waals surface area contributed by atoms with Gasteiger partial charge in [0.05, 0.1) is 27.2 Å². The summed E-state index contributed by atoms with van der Waals surface area (Å²) >= 11 is 4.81. The van der Waals surface area contributed by atoms with Crippen LogP contribution in [0.4, 0.5) is 5.69 Å². The standard InChI is InChI=1S/C22H13BrN4OS/c23-16-8-2-4-10-18(16)25-22(28)15-12-20(24-17-9-3-1-6-13(15)17)14-7-5-11-19-21(14)29-27-26-19/h1-12H,(H,25,28). The van der Waals surface area contributed by atoms with Crippen LogP contribution < -0.4 is 5.32 Å². The summed E-state index contributed by atoms with van der Waals surface area (Å²) in [5, 5.41) is 7.94. The molecule has 0 saturated heterocycles. The number of halogens is 1. The highest BCUT2D eigenvalue weighted by molar-refractivity contribution is 9.10. The van der Waals surface area contributed by atoms with E-state index in [9.17, 15) is 4.79 Å². The number of carbonyl (C=O) groups excluding carboxylic acids is 1. The molecule has 0 bridgehead atoms. The molecule has 0 aliphatic heterocycles. The molecule has 0 atom stereocenters. The number of nitrogens with zero attached hydrogens (tertiary/aromatic N) is 3. The molecule has 29 heavy (non-hydrogen) atoms. The maximum Gasteiger partial charge on any atom is 0.256 e. The fourth-order valence-electron chi connectivity index (χ4n) is 3.26. The summed E-state index contributed by atoms with van der Waals surface area (Å²) in [4.78, 5) is 18.0. The van der Waals surface area contributed by atoms with Gasteiger partial charge in [0.2, 0.25) is 0 Å². The number of amides is 1. The molecule has 7 heteroatoms. The van der Waals surface area contributed by atoms with E-state index in [4.69, 9.17) is 4.98 Å². The zero-order chi connectivity index (χ0) is 19.8. The minimum atomic E-state index is -0.189. The summed E-state index contributed by atoms with van der Waals surface area (Å²) in [6.07, 6.45) is 0. The molecular formula is C22H13BrN4OS. The van der Waals surface area contributed by atoms with E-state index in [2.05, 4.69) is 30.8 Å². The largest absolute Gasteiger partial charge is 0.321 e. The van der Waals surface area contributed by atoms with Crippen LogP contribution in [0.3, 0.4) is 0 Å². The van der Waals surface area contributed by atoms with Gasteiger partial charge in [0.1, 0.15) is 5.52 Å². The van der Waals surface area contributed by atoms with Crippen molar-refractivity contribution in [3.8, 4) is 11.3 Å². The van der Waals surface area contributed by atoms with Crippen molar-refractivity contribution in [2.45, 2.75) is 0 Å². The lowest BCUT2D eigenvalue weighted by molar-refractivity contribution is 0.102. The number of aromatic nitrogens is 3. The first kappa shape index (κ1) is 17.9. The fraction of sp³-hybridized carbons (Fsp3) is 0. The Morgan fingerprint density at radius 1 is 0.931 bits per heavy atom. The van der Waals surface area contributed by atoms with Crippen LogP contribution >= 0.6 is 27.5 Å². The predicted octanol–water partition coefficient (Wildman–Crippen LogP) is 5.92. The number of fused-ring (bicyclic) bond motifs is 2. The highest BCUT2D eigenvalue weighted by atomic mass is 79.9. The Morgan fingerprint density at radius 3 is 2.62 bits per heavy atom. The quantitative estimate of drug-likeness (QED) is 0.362. The molecule has 0 spiro atoms. The van der Waals surface area contributed by atoms with E-state index < -0.39 is 0 Å². The van der Waals surface area contributed by atoms with Gasteiger partial charge >= 0.3 is 0 Å². The molecule has 0 aliphatic carbocycles. The Morgan fingerprint density at radius 2 is 1.72 bits per heavy atom. The molecule has 0 radical (unpaired) electrons. The third-order valence-corrected chi connectivity index (χ3v) is 6.10. The van der Waals surface area contributed by atoms with Crippen LogP contribution in [0.1, 0.15) is 10.4 Å². The SMILES string of the molecule is O=C(Nc1ccccc1Br)c1cc(-c2cccc3nnsc23)nc2ccccc12. The summed E-state index contributed by atoms with van der Waals surface area (Å²) in [7, 11) is 0. The molecular weight excluding hydrogens is 448 g/mol. The number of benzene rings is 3. The number of carbonyl (C=O) groups is 1. The topological polar surface area (TPSA) is 67.8 Å². The van der Waals surface area contributed by atoms with E-state index in [1.807, 2.05) is 72.8 Å². The molecule has 3 aromatic carbocycles. The van der Waals surface area contributed by atoms with Gasteiger partial charge in [0.15, 0.2) is 0 Å². The molecule has 5 nitrogen and oxygen atoms in total. The lowest BCUT2D eigenvalue weighted by Crippen LogP contribution is -2.13. The maximum atomic E-state index is 13.2. The van der Waals surface area contributed by atoms with Crippen molar-refractivity contribution in [1.82, 2.24) is 14.6 Å². The number of anilines is 1. The number of pyridine rings is 1. The number of para-hydroxylation sites is 2. The van der Waals surface area contributed by atoms with Crippen LogP contribution in [-0.4, -0.2) is 20.5 Å². The highest BCUT2D eigenvalue weighted by Crippen LogP contribution is 2.32. The van der Waals surface area contributed by atoms with E-state index in [1.54, 1.807) is 0 Å². The summed E-state index contributed by atoms with van der Waals surface area (Å²) in [5.41, 5.74) is 4.50. The summed E-state index contributed by atoms with van der Waals surface area (Å²) in [6, 6.07) is 22.9. The van der Waals surface area contributed by atoms with E-state index in [0.29, 0.717) is 11.3 Å². The van der Waals surface area contributed by atoms with Gasteiger partial charge in [-0.3, -0.25) is 4.79 Å². The van der Waals surface area contributed by atoms with E-state index in [1.165, 1.54) is 11.5 Å². The molecule has 5 aromatic rings. The van der Waals surface area contributed by atoms with Crippen molar-refractivity contribution in [1.29, 1.82) is 0 Å². The van der Waals surface area contributed by atoms with Gasteiger partial charge < -0.3 is 5.32 Å². The van der Waals surface area contributed by atoms with Crippen LogP contribution in [0.2, 0.25) is 0 Å². The van der Waals surface area contributed by atoms with Crippen LogP contribution in [-0.2, 0) is 0 Å². The smallest absolute Gasteiger partial charge is 0.256 e. The molecule has 2 aromatic heterocycles. The zero-order valence-corrected chi connectivity index (χ0v) is 17.4. The Hall–Kier alpha value is -3.16. The minimum absolute atomic E-state index is 0.189. The number of hydrogen-bond acceptors (Lipinski definition) is 5. The Labute approximate surface area is 178 Å². The fourth-order valence-corrected chi connectivity index (χ4v) is 4.33. The maximum absolute atomic E-state index is 13.2. The number of hydrogen-bond donors (Lipinski definition) is 1. The Balaban J connectivity index is 1.68.